The quantitative estimate of drug-likeness (QED) is 0.461. The van der Waals surface area contributed by atoms with Crippen LogP contribution in [0.5, 0.6) is 0 Å². The summed E-state index contributed by atoms with van der Waals surface area (Å²) in [5.74, 6) is -0.0114. The predicted molar refractivity (Wildman–Crippen MR) is 141 cm³/mol. The van der Waals surface area contributed by atoms with E-state index >= 15 is 0 Å². The Morgan fingerprint density at radius 3 is 2.71 bits per heavy atom. The van der Waals surface area contributed by atoms with Crippen LogP contribution in [0.3, 0.4) is 0 Å². The second-order valence-corrected chi connectivity index (χ2v) is 9.57. The van der Waals surface area contributed by atoms with Gasteiger partial charge in [0.05, 0.1) is 5.92 Å². The maximum atomic E-state index is 13.2. The molecule has 1 N–H and O–H groups in total. The molecule has 2 aromatic heterocycles. The van der Waals surface area contributed by atoms with Crippen LogP contribution >= 0.6 is 0 Å². The van der Waals surface area contributed by atoms with Gasteiger partial charge in [-0.2, -0.15) is 0 Å². The molecule has 1 saturated heterocycles. The number of anilines is 1. The zero-order valence-corrected chi connectivity index (χ0v) is 20.4. The van der Waals surface area contributed by atoms with Gasteiger partial charge >= 0.3 is 0 Å². The predicted octanol–water partition coefficient (Wildman–Crippen LogP) is 4.23. The zero-order chi connectivity index (χ0) is 24.4. The van der Waals surface area contributed by atoms with Crippen LogP contribution in [0.4, 0.5) is 5.69 Å². The highest BCUT2D eigenvalue weighted by molar-refractivity contribution is 5.88. The number of carbonyl (C=O) groups is 1. The summed E-state index contributed by atoms with van der Waals surface area (Å²) in [5, 5.41) is 4.43. The van der Waals surface area contributed by atoms with E-state index in [-0.39, 0.29) is 17.4 Å². The molecule has 0 aliphatic carbocycles. The Hall–Kier alpha value is -3.80. The van der Waals surface area contributed by atoms with E-state index in [0.717, 1.165) is 37.2 Å². The van der Waals surface area contributed by atoms with Gasteiger partial charge in [0, 0.05) is 68.3 Å². The lowest BCUT2D eigenvalue weighted by atomic mass is 9.96. The van der Waals surface area contributed by atoms with E-state index in [2.05, 4.69) is 70.4 Å². The average Bonchev–Trinajstić information content (AvgIpc) is 3.23. The number of pyridine rings is 1. The first-order valence-corrected chi connectivity index (χ1v) is 12.3. The molecule has 1 unspecified atom stereocenters. The van der Waals surface area contributed by atoms with E-state index in [1.54, 1.807) is 23.9 Å². The van der Waals surface area contributed by atoms with Gasteiger partial charge in [-0.1, -0.05) is 42.5 Å². The summed E-state index contributed by atoms with van der Waals surface area (Å²) in [6, 6.07) is 20.4. The molecule has 3 heterocycles. The Morgan fingerprint density at radius 1 is 1.09 bits per heavy atom. The van der Waals surface area contributed by atoms with E-state index in [9.17, 15) is 9.59 Å². The van der Waals surface area contributed by atoms with Crippen molar-refractivity contribution in [2.45, 2.75) is 32.9 Å². The molecule has 4 aromatic rings. The molecular weight excluding hydrogens is 436 g/mol. The Labute approximate surface area is 205 Å². The van der Waals surface area contributed by atoms with Crippen LogP contribution in [-0.2, 0) is 24.9 Å². The molecule has 5 rings (SSSR count). The maximum absolute atomic E-state index is 13.2. The molecule has 0 spiro atoms. The van der Waals surface area contributed by atoms with E-state index < -0.39 is 0 Å². The van der Waals surface area contributed by atoms with E-state index in [1.165, 1.54) is 22.0 Å². The molecule has 6 heteroatoms. The van der Waals surface area contributed by atoms with Gasteiger partial charge in [0.25, 0.3) is 5.56 Å². The second kappa shape index (κ2) is 9.82. The molecule has 1 fully saturated rings. The number of carbonyl (C=O) groups excluding carboxylic acids is 1. The number of hydrogen-bond donors (Lipinski definition) is 1. The van der Waals surface area contributed by atoms with Gasteiger partial charge in [-0.3, -0.25) is 9.59 Å². The van der Waals surface area contributed by atoms with E-state index in [1.807, 2.05) is 12.1 Å². The second-order valence-electron chi connectivity index (χ2n) is 9.57. The Morgan fingerprint density at radius 2 is 1.91 bits per heavy atom. The number of amides is 1. The van der Waals surface area contributed by atoms with Gasteiger partial charge in [-0.15, -0.1) is 0 Å². The Kier molecular flexibility index (Phi) is 6.45. The lowest BCUT2D eigenvalue weighted by Crippen LogP contribution is -2.43. The number of nitrogens with one attached hydrogen (secondary N) is 1. The fraction of sp³-hybridized carbons (Fsp3) is 0.310. The fourth-order valence-corrected chi connectivity index (χ4v) is 5.16. The number of piperidine rings is 1. The molecule has 35 heavy (non-hydrogen) atoms. The topological polar surface area (TPSA) is 59.3 Å². The van der Waals surface area contributed by atoms with E-state index in [0.29, 0.717) is 13.1 Å². The molecule has 0 saturated carbocycles. The van der Waals surface area contributed by atoms with Crippen molar-refractivity contribution in [2.75, 3.05) is 18.0 Å². The summed E-state index contributed by atoms with van der Waals surface area (Å²) >= 11 is 0. The van der Waals surface area contributed by atoms with Crippen molar-refractivity contribution < 1.29 is 4.79 Å². The van der Waals surface area contributed by atoms with Crippen LogP contribution in [0.25, 0.3) is 10.9 Å². The smallest absolute Gasteiger partial charge is 0.252 e. The van der Waals surface area contributed by atoms with Crippen molar-refractivity contribution in [1.82, 2.24) is 14.5 Å². The fourth-order valence-electron chi connectivity index (χ4n) is 5.16. The van der Waals surface area contributed by atoms with Crippen molar-refractivity contribution in [3.05, 3.63) is 100 Å². The number of hydrogen-bond acceptors (Lipinski definition) is 3. The minimum atomic E-state index is -0.0911. The van der Waals surface area contributed by atoms with Gasteiger partial charge in [0.2, 0.25) is 5.91 Å². The highest BCUT2D eigenvalue weighted by Crippen LogP contribution is 2.27. The molecule has 1 amide bonds. The highest BCUT2D eigenvalue weighted by Gasteiger charge is 2.26. The number of aryl methyl sites for hydroxylation is 2. The molecule has 2 aromatic carbocycles. The molecule has 1 aliphatic heterocycles. The van der Waals surface area contributed by atoms with Crippen LogP contribution in [0.2, 0.25) is 0 Å². The van der Waals surface area contributed by atoms with Crippen molar-refractivity contribution in [3.8, 4) is 0 Å². The highest BCUT2D eigenvalue weighted by atomic mass is 16.2. The minimum Gasteiger partial charge on any atom is -0.371 e. The lowest BCUT2D eigenvalue weighted by Gasteiger charge is -2.33. The minimum absolute atomic E-state index is 0.0312. The van der Waals surface area contributed by atoms with Gasteiger partial charge < -0.3 is 19.4 Å². The first-order valence-electron chi connectivity index (χ1n) is 12.3. The Bertz CT molecular complexity index is 1400. The monoisotopic (exact) mass is 468 g/mol. The van der Waals surface area contributed by atoms with Crippen molar-refractivity contribution in [1.29, 1.82) is 0 Å². The van der Waals surface area contributed by atoms with Gasteiger partial charge in [-0.25, -0.2) is 0 Å². The number of aromatic nitrogens is 2. The first kappa shape index (κ1) is 23.0. The molecule has 0 bridgehead atoms. The Balaban J connectivity index is 1.31. The van der Waals surface area contributed by atoms with Crippen molar-refractivity contribution >= 4 is 22.5 Å². The maximum Gasteiger partial charge on any atom is 0.252 e. The summed E-state index contributed by atoms with van der Waals surface area (Å²) in [5.41, 5.74) is 5.66. The van der Waals surface area contributed by atoms with Crippen LogP contribution in [0.1, 0.15) is 29.5 Å². The average molecular weight is 469 g/mol. The summed E-state index contributed by atoms with van der Waals surface area (Å²) < 4.78 is 3.84. The molecule has 1 aliphatic rings. The molecule has 1 atom stereocenters. The standard InChI is InChI=1S/C29H32N4O2/c1-21-8-6-12-26-28(21)24(20-33(26)18-22-9-4-3-5-10-22)17-30-29(35)23-11-7-14-32(19-23)25-13-15-31(2)27(34)16-25/h3-6,8-10,12-13,15-16,20,23H,7,11,14,17-19H2,1-2H3,(H,30,35). The molecular formula is C29H32N4O2. The van der Waals surface area contributed by atoms with Crippen molar-refractivity contribution in [3.63, 3.8) is 0 Å². The third kappa shape index (κ3) is 4.87. The third-order valence-corrected chi connectivity index (χ3v) is 7.09. The van der Waals surface area contributed by atoms with E-state index in [4.69, 9.17) is 0 Å². The lowest BCUT2D eigenvalue weighted by molar-refractivity contribution is -0.125. The molecule has 180 valence electrons. The molecule has 6 nitrogen and oxygen atoms in total. The van der Waals surface area contributed by atoms with Crippen LogP contribution in [0, 0.1) is 12.8 Å². The summed E-state index contributed by atoms with van der Waals surface area (Å²) in [7, 11) is 1.75. The third-order valence-electron chi connectivity index (χ3n) is 7.09. The van der Waals surface area contributed by atoms with Crippen molar-refractivity contribution in [2.24, 2.45) is 13.0 Å². The van der Waals surface area contributed by atoms with Gasteiger partial charge in [0.15, 0.2) is 0 Å². The largest absolute Gasteiger partial charge is 0.371 e. The molecule has 0 radical (unpaired) electrons. The van der Waals surface area contributed by atoms with Gasteiger partial charge in [-0.05, 0) is 48.6 Å². The van der Waals surface area contributed by atoms with Gasteiger partial charge in [0.1, 0.15) is 0 Å². The number of fused-ring (bicyclic) bond motifs is 1. The number of rotatable bonds is 6. The van der Waals surface area contributed by atoms with Crippen LogP contribution in [0.15, 0.2) is 77.9 Å². The number of benzene rings is 2. The van der Waals surface area contributed by atoms with Crippen LogP contribution < -0.4 is 15.8 Å². The normalized spacial score (nSPS) is 15.9. The first-order chi connectivity index (χ1) is 17.0. The SMILES string of the molecule is Cc1cccc2c1c(CNC(=O)C1CCCN(c3ccn(C)c(=O)c3)C1)cn2Cc1ccccc1. The number of nitrogens with zero attached hydrogens (tertiary/aromatic N) is 3. The zero-order valence-electron chi connectivity index (χ0n) is 20.4. The van der Waals surface area contributed by atoms with Crippen LogP contribution in [-0.4, -0.2) is 28.1 Å². The summed E-state index contributed by atoms with van der Waals surface area (Å²) in [6.45, 7) is 4.92. The summed E-state index contributed by atoms with van der Waals surface area (Å²) in [6.07, 6.45) is 5.76. The summed E-state index contributed by atoms with van der Waals surface area (Å²) in [4.78, 5) is 27.4.